The Labute approximate surface area is 160 Å². The first-order chi connectivity index (χ1) is 13.5. The van der Waals surface area contributed by atoms with E-state index in [4.69, 9.17) is 14.0 Å². The van der Waals surface area contributed by atoms with Gasteiger partial charge in [-0.3, -0.25) is 4.79 Å². The molecule has 0 radical (unpaired) electrons. The van der Waals surface area contributed by atoms with Gasteiger partial charge in [-0.2, -0.15) is 4.98 Å². The Bertz CT molecular complexity index is 1020. The molecule has 0 saturated heterocycles. The molecule has 1 aliphatic heterocycles. The smallest absolute Gasteiger partial charge is 0.254 e. The summed E-state index contributed by atoms with van der Waals surface area (Å²) < 4.78 is 29.9. The Kier molecular flexibility index (Phi) is 4.68. The minimum absolute atomic E-state index is 0.0383. The summed E-state index contributed by atoms with van der Waals surface area (Å²) in [5.74, 6) is 0.683. The van der Waals surface area contributed by atoms with E-state index in [2.05, 4.69) is 15.5 Å². The molecule has 2 aromatic carbocycles. The van der Waals surface area contributed by atoms with Crippen molar-refractivity contribution in [2.75, 3.05) is 6.79 Å². The molecular formula is C20H18FN3O4. The van der Waals surface area contributed by atoms with Crippen LogP contribution in [-0.2, 0) is 0 Å². The predicted octanol–water partition coefficient (Wildman–Crippen LogP) is 3.73. The lowest BCUT2D eigenvalue weighted by molar-refractivity contribution is 0.0909. The number of benzene rings is 2. The van der Waals surface area contributed by atoms with Crippen LogP contribution in [-0.4, -0.2) is 22.8 Å². The van der Waals surface area contributed by atoms with Gasteiger partial charge in [-0.15, -0.1) is 0 Å². The number of ether oxygens (including phenoxy) is 2. The first-order valence-electron chi connectivity index (χ1n) is 8.82. The molecule has 1 unspecified atom stereocenters. The fraction of sp³-hybridized carbons (Fsp3) is 0.250. The quantitative estimate of drug-likeness (QED) is 0.722. The molecule has 0 fully saturated rings. The molecule has 144 valence electrons. The molecule has 1 aromatic heterocycles. The number of aromatic nitrogens is 2. The Hall–Kier alpha value is -3.42. The minimum atomic E-state index is -0.589. The van der Waals surface area contributed by atoms with Crippen molar-refractivity contribution in [3.05, 3.63) is 59.7 Å². The Morgan fingerprint density at radius 3 is 2.71 bits per heavy atom. The highest BCUT2D eigenvalue weighted by Gasteiger charge is 2.26. The third kappa shape index (κ3) is 3.40. The second kappa shape index (κ2) is 7.30. The molecule has 1 amide bonds. The van der Waals surface area contributed by atoms with Gasteiger partial charge in [-0.05, 0) is 36.2 Å². The molecule has 0 aliphatic carbocycles. The van der Waals surface area contributed by atoms with Gasteiger partial charge in [0, 0.05) is 5.56 Å². The van der Waals surface area contributed by atoms with Crippen LogP contribution in [0.15, 0.2) is 47.0 Å². The second-order valence-corrected chi connectivity index (χ2v) is 6.70. The van der Waals surface area contributed by atoms with Gasteiger partial charge in [-0.1, -0.05) is 31.1 Å². The summed E-state index contributed by atoms with van der Waals surface area (Å²) in [7, 11) is 0. The van der Waals surface area contributed by atoms with Crippen LogP contribution < -0.4 is 14.8 Å². The molecule has 0 bridgehead atoms. The standard InChI is InChI=1S/C20H18FN3O4/c1-11(2)17(22-19(25)13-5-3-4-6-14(13)21)20-23-18(24-28-20)12-7-8-15-16(9-12)27-10-26-15/h3-9,11,17H,10H2,1-2H3,(H,22,25). The van der Waals surface area contributed by atoms with Crippen LogP contribution in [0.4, 0.5) is 4.39 Å². The lowest BCUT2D eigenvalue weighted by atomic mass is 10.0. The first-order valence-corrected chi connectivity index (χ1v) is 8.82. The second-order valence-electron chi connectivity index (χ2n) is 6.70. The highest BCUT2D eigenvalue weighted by Crippen LogP contribution is 2.35. The number of nitrogens with zero attached hydrogens (tertiary/aromatic N) is 2. The van der Waals surface area contributed by atoms with Gasteiger partial charge in [0.2, 0.25) is 18.5 Å². The molecule has 7 nitrogen and oxygen atoms in total. The monoisotopic (exact) mass is 383 g/mol. The zero-order valence-corrected chi connectivity index (χ0v) is 15.3. The number of rotatable bonds is 5. The number of carbonyl (C=O) groups excluding carboxylic acids is 1. The van der Waals surface area contributed by atoms with Crippen molar-refractivity contribution in [1.82, 2.24) is 15.5 Å². The maximum atomic E-state index is 13.9. The summed E-state index contributed by atoms with van der Waals surface area (Å²) in [6, 6.07) is 10.6. The fourth-order valence-corrected chi connectivity index (χ4v) is 2.89. The van der Waals surface area contributed by atoms with Crippen LogP contribution in [0.1, 0.15) is 36.1 Å². The van der Waals surface area contributed by atoms with Gasteiger partial charge >= 0.3 is 0 Å². The Balaban J connectivity index is 1.58. The van der Waals surface area contributed by atoms with Gasteiger partial charge in [0.25, 0.3) is 5.91 Å². The van der Waals surface area contributed by atoms with Crippen LogP contribution in [0.2, 0.25) is 0 Å². The predicted molar refractivity (Wildman–Crippen MR) is 97.3 cm³/mol. The average Bonchev–Trinajstić information content (AvgIpc) is 3.34. The maximum Gasteiger partial charge on any atom is 0.254 e. The number of halogens is 1. The lowest BCUT2D eigenvalue weighted by Crippen LogP contribution is -2.32. The first kappa shape index (κ1) is 18.0. The Morgan fingerprint density at radius 2 is 1.93 bits per heavy atom. The van der Waals surface area contributed by atoms with Gasteiger partial charge in [0.15, 0.2) is 11.5 Å². The topological polar surface area (TPSA) is 86.5 Å². The lowest BCUT2D eigenvalue weighted by Gasteiger charge is -2.18. The van der Waals surface area contributed by atoms with Gasteiger partial charge in [-0.25, -0.2) is 4.39 Å². The number of hydrogen-bond acceptors (Lipinski definition) is 6. The summed E-state index contributed by atoms with van der Waals surface area (Å²) in [5.41, 5.74) is 0.658. The summed E-state index contributed by atoms with van der Waals surface area (Å²) in [4.78, 5) is 16.9. The normalized spacial score (nSPS) is 13.6. The number of carbonyl (C=O) groups is 1. The van der Waals surface area contributed by atoms with Crippen molar-refractivity contribution in [3.8, 4) is 22.9 Å². The van der Waals surface area contributed by atoms with Crippen LogP contribution in [0.25, 0.3) is 11.4 Å². The molecule has 2 heterocycles. The highest BCUT2D eigenvalue weighted by molar-refractivity contribution is 5.94. The van der Waals surface area contributed by atoms with E-state index in [1.54, 1.807) is 24.3 Å². The fourth-order valence-electron chi connectivity index (χ4n) is 2.89. The van der Waals surface area contributed by atoms with Gasteiger partial charge in [0.1, 0.15) is 11.9 Å². The molecule has 0 saturated carbocycles. The van der Waals surface area contributed by atoms with Gasteiger partial charge in [0.05, 0.1) is 5.56 Å². The molecule has 8 heteroatoms. The number of amides is 1. The summed E-state index contributed by atoms with van der Waals surface area (Å²) in [5, 5.41) is 6.78. The van der Waals surface area contributed by atoms with Crippen molar-refractivity contribution < 1.29 is 23.2 Å². The van der Waals surface area contributed by atoms with E-state index >= 15 is 0 Å². The van der Waals surface area contributed by atoms with Crippen molar-refractivity contribution in [3.63, 3.8) is 0 Å². The third-order valence-electron chi connectivity index (χ3n) is 4.41. The van der Waals surface area contributed by atoms with Crippen molar-refractivity contribution in [2.45, 2.75) is 19.9 Å². The number of hydrogen-bond donors (Lipinski definition) is 1. The van der Waals surface area contributed by atoms with Crippen LogP contribution >= 0.6 is 0 Å². The average molecular weight is 383 g/mol. The molecular weight excluding hydrogens is 365 g/mol. The van der Waals surface area contributed by atoms with E-state index in [0.29, 0.717) is 22.9 Å². The van der Waals surface area contributed by atoms with E-state index in [-0.39, 0.29) is 24.2 Å². The van der Waals surface area contributed by atoms with E-state index in [9.17, 15) is 9.18 Å². The molecule has 3 aromatic rings. The Morgan fingerprint density at radius 1 is 1.14 bits per heavy atom. The van der Waals surface area contributed by atoms with Crippen LogP contribution in [0, 0.1) is 11.7 Å². The molecule has 0 spiro atoms. The highest BCUT2D eigenvalue weighted by atomic mass is 19.1. The SMILES string of the molecule is CC(C)C(NC(=O)c1ccccc1F)c1nc(-c2ccc3c(c2)OCO3)no1. The molecule has 1 aliphatic rings. The third-order valence-corrected chi connectivity index (χ3v) is 4.41. The maximum absolute atomic E-state index is 13.9. The van der Waals surface area contributed by atoms with E-state index in [1.807, 2.05) is 13.8 Å². The number of fused-ring (bicyclic) bond motifs is 1. The largest absolute Gasteiger partial charge is 0.454 e. The zero-order chi connectivity index (χ0) is 19.7. The zero-order valence-electron chi connectivity index (χ0n) is 15.3. The van der Waals surface area contributed by atoms with Crippen molar-refractivity contribution in [1.29, 1.82) is 0 Å². The summed E-state index contributed by atoms with van der Waals surface area (Å²) in [6.07, 6.45) is 0. The molecule has 1 atom stereocenters. The van der Waals surface area contributed by atoms with E-state index in [0.717, 1.165) is 0 Å². The summed E-state index contributed by atoms with van der Waals surface area (Å²) in [6.45, 7) is 3.97. The van der Waals surface area contributed by atoms with Crippen molar-refractivity contribution in [2.24, 2.45) is 5.92 Å². The molecule has 1 N–H and O–H groups in total. The van der Waals surface area contributed by atoms with Gasteiger partial charge < -0.3 is 19.3 Å². The minimum Gasteiger partial charge on any atom is -0.454 e. The molecule has 4 rings (SSSR count). The number of nitrogens with one attached hydrogen (secondary N) is 1. The summed E-state index contributed by atoms with van der Waals surface area (Å²) >= 11 is 0. The van der Waals surface area contributed by atoms with Crippen LogP contribution in [0.3, 0.4) is 0 Å². The molecule has 28 heavy (non-hydrogen) atoms. The van der Waals surface area contributed by atoms with E-state index in [1.165, 1.54) is 18.2 Å². The van der Waals surface area contributed by atoms with Crippen LogP contribution in [0.5, 0.6) is 11.5 Å². The van der Waals surface area contributed by atoms with E-state index < -0.39 is 17.8 Å². The van der Waals surface area contributed by atoms with Crippen molar-refractivity contribution >= 4 is 5.91 Å².